The van der Waals surface area contributed by atoms with Gasteiger partial charge in [-0.1, -0.05) is 12.1 Å². The van der Waals surface area contributed by atoms with Crippen molar-refractivity contribution in [2.24, 2.45) is 4.99 Å². The topological polar surface area (TPSA) is 64.1 Å². The van der Waals surface area contributed by atoms with Crippen molar-refractivity contribution in [1.82, 2.24) is 10.6 Å². The number of guanidine groups is 1. The SMILES string of the molecule is CN=C(NCc1ccc(C)cc1OC1CCOC1)NCC(C)(C)OC.I. The first kappa shape index (κ1) is 23.0. The summed E-state index contributed by atoms with van der Waals surface area (Å²) in [5.74, 6) is 1.65. The van der Waals surface area contributed by atoms with Gasteiger partial charge in [0.25, 0.3) is 0 Å². The summed E-state index contributed by atoms with van der Waals surface area (Å²) in [5.41, 5.74) is 2.03. The lowest BCUT2D eigenvalue weighted by Gasteiger charge is -2.24. The van der Waals surface area contributed by atoms with E-state index in [1.807, 2.05) is 13.8 Å². The fourth-order valence-electron chi connectivity index (χ4n) is 2.47. The zero-order valence-corrected chi connectivity index (χ0v) is 18.8. The van der Waals surface area contributed by atoms with Crippen LogP contribution in [-0.4, -0.2) is 51.6 Å². The van der Waals surface area contributed by atoms with Crippen LogP contribution in [0.4, 0.5) is 0 Å². The first-order valence-electron chi connectivity index (χ1n) is 8.77. The number of hydrogen-bond acceptors (Lipinski definition) is 4. The Morgan fingerprint density at radius 3 is 2.73 bits per heavy atom. The number of hydrogen-bond donors (Lipinski definition) is 2. The van der Waals surface area contributed by atoms with Crippen molar-refractivity contribution in [3.05, 3.63) is 29.3 Å². The van der Waals surface area contributed by atoms with Crippen LogP contribution in [0.1, 0.15) is 31.4 Å². The number of benzene rings is 1. The van der Waals surface area contributed by atoms with Crippen molar-refractivity contribution in [1.29, 1.82) is 0 Å². The molecule has 1 fully saturated rings. The molecule has 1 aromatic rings. The highest BCUT2D eigenvalue weighted by Gasteiger charge is 2.19. The molecule has 1 saturated heterocycles. The van der Waals surface area contributed by atoms with Crippen molar-refractivity contribution in [3.63, 3.8) is 0 Å². The molecule has 1 unspecified atom stereocenters. The van der Waals surface area contributed by atoms with Crippen molar-refractivity contribution in [3.8, 4) is 5.75 Å². The Kier molecular flexibility index (Phi) is 9.67. The van der Waals surface area contributed by atoms with Gasteiger partial charge in [-0.2, -0.15) is 0 Å². The largest absolute Gasteiger partial charge is 0.488 e. The second-order valence-electron chi connectivity index (χ2n) is 6.96. The van der Waals surface area contributed by atoms with E-state index in [0.29, 0.717) is 19.7 Å². The highest BCUT2D eigenvalue weighted by Crippen LogP contribution is 2.23. The lowest BCUT2D eigenvalue weighted by Crippen LogP contribution is -2.45. The number of rotatable bonds is 7. The molecule has 0 saturated carbocycles. The summed E-state index contributed by atoms with van der Waals surface area (Å²) in [5, 5.41) is 6.63. The smallest absolute Gasteiger partial charge is 0.191 e. The molecular formula is C19H32IN3O3. The summed E-state index contributed by atoms with van der Waals surface area (Å²) in [7, 11) is 3.47. The van der Waals surface area contributed by atoms with E-state index in [1.54, 1.807) is 14.2 Å². The standard InChI is InChI=1S/C19H31N3O3.HI/c1-14-6-7-15(17(10-14)25-16-8-9-24-12-16)11-21-18(20-4)22-13-19(2,3)23-5;/h6-7,10,16H,8-9,11-13H2,1-5H3,(H2,20,21,22);1H. The first-order chi connectivity index (χ1) is 11.9. The highest BCUT2D eigenvalue weighted by atomic mass is 127. The molecule has 0 amide bonds. The normalized spacial score (nSPS) is 17.6. The Bertz CT molecular complexity index is 587. The monoisotopic (exact) mass is 477 g/mol. The number of ether oxygens (including phenoxy) is 3. The van der Waals surface area contributed by atoms with Crippen LogP contribution in [0.2, 0.25) is 0 Å². The first-order valence-corrected chi connectivity index (χ1v) is 8.77. The van der Waals surface area contributed by atoms with Gasteiger partial charge in [0, 0.05) is 39.2 Å². The fourth-order valence-corrected chi connectivity index (χ4v) is 2.47. The van der Waals surface area contributed by atoms with E-state index in [2.05, 4.69) is 40.7 Å². The summed E-state index contributed by atoms with van der Waals surface area (Å²) in [6.07, 6.45) is 1.08. The van der Waals surface area contributed by atoms with Crippen LogP contribution in [0.3, 0.4) is 0 Å². The van der Waals surface area contributed by atoms with Crippen LogP contribution in [0.5, 0.6) is 5.75 Å². The molecule has 26 heavy (non-hydrogen) atoms. The van der Waals surface area contributed by atoms with Gasteiger partial charge in [0.15, 0.2) is 5.96 Å². The molecule has 6 nitrogen and oxygen atoms in total. The third-order valence-corrected chi connectivity index (χ3v) is 4.31. The predicted molar refractivity (Wildman–Crippen MR) is 116 cm³/mol. The molecular weight excluding hydrogens is 445 g/mol. The summed E-state index contributed by atoms with van der Waals surface area (Å²) in [6, 6.07) is 6.28. The van der Waals surface area contributed by atoms with E-state index < -0.39 is 0 Å². The van der Waals surface area contributed by atoms with E-state index >= 15 is 0 Å². The van der Waals surface area contributed by atoms with Crippen LogP contribution in [0.25, 0.3) is 0 Å². The van der Waals surface area contributed by atoms with Crippen LogP contribution < -0.4 is 15.4 Å². The molecule has 148 valence electrons. The summed E-state index contributed by atoms with van der Waals surface area (Å²) in [6.45, 7) is 8.87. The molecule has 1 aliphatic heterocycles. The minimum Gasteiger partial charge on any atom is -0.488 e. The molecule has 1 aliphatic rings. The fraction of sp³-hybridized carbons (Fsp3) is 0.632. The van der Waals surface area contributed by atoms with E-state index in [-0.39, 0.29) is 35.7 Å². The minimum absolute atomic E-state index is 0. The van der Waals surface area contributed by atoms with Crippen molar-refractivity contribution >= 4 is 29.9 Å². The molecule has 7 heteroatoms. The Morgan fingerprint density at radius 1 is 1.35 bits per heavy atom. The number of nitrogens with one attached hydrogen (secondary N) is 2. The molecule has 1 atom stereocenters. The summed E-state index contributed by atoms with van der Waals surface area (Å²) in [4.78, 5) is 4.27. The maximum absolute atomic E-state index is 6.14. The summed E-state index contributed by atoms with van der Waals surface area (Å²) >= 11 is 0. The minimum atomic E-state index is -0.252. The van der Waals surface area contributed by atoms with Crippen LogP contribution in [0, 0.1) is 6.92 Å². The zero-order chi connectivity index (χ0) is 18.3. The van der Waals surface area contributed by atoms with Crippen molar-refractivity contribution < 1.29 is 14.2 Å². The maximum Gasteiger partial charge on any atom is 0.191 e. The van der Waals surface area contributed by atoms with Crippen LogP contribution in [0.15, 0.2) is 23.2 Å². The molecule has 1 aromatic carbocycles. The number of halogens is 1. The molecule has 2 rings (SSSR count). The molecule has 0 aliphatic carbocycles. The van der Waals surface area contributed by atoms with Gasteiger partial charge in [-0.15, -0.1) is 24.0 Å². The van der Waals surface area contributed by atoms with E-state index in [9.17, 15) is 0 Å². The van der Waals surface area contributed by atoms with E-state index in [0.717, 1.165) is 30.3 Å². The number of methoxy groups -OCH3 is 1. The van der Waals surface area contributed by atoms with Crippen LogP contribution >= 0.6 is 24.0 Å². The van der Waals surface area contributed by atoms with Gasteiger partial charge in [0.1, 0.15) is 11.9 Å². The van der Waals surface area contributed by atoms with Gasteiger partial charge < -0.3 is 24.8 Å². The maximum atomic E-state index is 6.14. The lowest BCUT2D eigenvalue weighted by atomic mass is 10.1. The lowest BCUT2D eigenvalue weighted by molar-refractivity contribution is 0.0268. The van der Waals surface area contributed by atoms with Gasteiger partial charge >= 0.3 is 0 Å². The van der Waals surface area contributed by atoms with E-state index in [4.69, 9.17) is 14.2 Å². The predicted octanol–water partition coefficient (Wildman–Crippen LogP) is 2.87. The Hall–Kier alpha value is -1.06. The molecule has 0 aromatic heterocycles. The molecule has 0 spiro atoms. The van der Waals surface area contributed by atoms with Crippen LogP contribution in [-0.2, 0) is 16.0 Å². The molecule has 0 bridgehead atoms. The van der Waals surface area contributed by atoms with Gasteiger partial charge in [-0.05, 0) is 32.4 Å². The zero-order valence-electron chi connectivity index (χ0n) is 16.4. The molecule has 2 N–H and O–H groups in total. The molecule has 0 radical (unpaired) electrons. The quantitative estimate of drug-likeness (QED) is 0.359. The number of nitrogens with zero attached hydrogens (tertiary/aromatic N) is 1. The Balaban J connectivity index is 0.00000338. The van der Waals surface area contributed by atoms with Gasteiger partial charge in [-0.25, -0.2) is 0 Å². The molecule has 1 heterocycles. The van der Waals surface area contributed by atoms with Crippen molar-refractivity contribution in [2.75, 3.05) is 33.9 Å². The average molecular weight is 477 g/mol. The van der Waals surface area contributed by atoms with Gasteiger partial charge in [-0.3, -0.25) is 4.99 Å². The second kappa shape index (κ2) is 10.9. The summed E-state index contributed by atoms with van der Waals surface area (Å²) < 4.78 is 17.0. The Morgan fingerprint density at radius 2 is 2.12 bits per heavy atom. The van der Waals surface area contributed by atoms with Crippen molar-refractivity contribution in [2.45, 2.75) is 45.4 Å². The Labute approximate surface area is 174 Å². The average Bonchev–Trinajstić information content (AvgIpc) is 3.09. The second-order valence-corrected chi connectivity index (χ2v) is 6.96. The number of aryl methyl sites for hydroxylation is 1. The highest BCUT2D eigenvalue weighted by molar-refractivity contribution is 14.0. The number of aliphatic imine (C=N–C) groups is 1. The third kappa shape index (κ3) is 7.28. The third-order valence-electron chi connectivity index (χ3n) is 4.31. The van der Waals surface area contributed by atoms with Gasteiger partial charge in [0.2, 0.25) is 0 Å². The van der Waals surface area contributed by atoms with E-state index in [1.165, 1.54) is 5.56 Å². The van der Waals surface area contributed by atoms with Gasteiger partial charge in [0.05, 0.1) is 18.8 Å².